The predicted molar refractivity (Wildman–Crippen MR) is 91.7 cm³/mol. The van der Waals surface area contributed by atoms with Crippen molar-refractivity contribution in [2.75, 3.05) is 33.2 Å². The summed E-state index contributed by atoms with van der Waals surface area (Å²) in [5, 5.41) is 8.84. The van der Waals surface area contributed by atoms with Gasteiger partial charge in [0.1, 0.15) is 0 Å². The van der Waals surface area contributed by atoms with Crippen molar-refractivity contribution in [2.45, 2.75) is 31.7 Å². The molecule has 1 aliphatic heterocycles. The fraction of sp³-hybridized carbons (Fsp3) is 0.588. The van der Waals surface area contributed by atoms with Crippen LogP contribution in [0.25, 0.3) is 0 Å². The molecule has 124 valence electrons. The molecule has 1 aliphatic rings. The number of nitrogens with zero attached hydrogens (tertiary/aromatic N) is 2. The zero-order valence-electron chi connectivity index (χ0n) is 13.3. The van der Waals surface area contributed by atoms with Gasteiger partial charge in [-0.2, -0.15) is 0 Å². The van der Waals surface area contributed by atoms with Crippen molar-refractivity contribution in [1.29, 1.82) is 0 Å². The topological polar surface area (TPSA) is 43.8 Å². The number of halogens is 1. The highest BCUT2D eigenvalue weighted by atomic mass is 35.5. The average molecular weight is 327 g/mol. The number of piperidine rings is 1. The van der Waals surface area contributed by atoms with Crippen LogP contribution in [0.4, 0.5) is 0 Å². The molecule has 1 aromatic carbocycles. The fourth-order valence-corrected chi connectivity index (χ4v) is 3.08. The predicted octanol–water partition coefficient (Wildman–Crippen LogP) is 2.52. The highest BCUT2D eigenvalue weighted by Gasteiger charge is 2.23. The zero-order chi connectivity index (χ0) is 15.1. The third-order valence-electron chi connectivity index (χ3n) is 4.35. The van der Waals surface area contributed by atoms with Crippen LogP contribution in [-0.2, 0) is 11.2 Å². The summed E-state index contributed by atoms with van der Waals surface area (Å²) in [5.74, 6) is -0.734. The van der Waals surface area contributed by atoms with Crippen molar-refractivity contribution in [3.63, 3.8) is 0 Å². The monoisotopic (exact) mass is 326 g/mol. The fourth-order valence-electron chi connectivity index (χ4n) is 3.08. The van der Waals surface area contributed by atoms with E-state index in [-0.39, 0.29) is 19.0 Å². The van der Waals surface area contributed by atoms with Gasteiger partial charge in [0.05, 0.1) is 6.54 Å². The van der Waals surface area contributed by atoms with Crippen molar-refractivity contribution < 1.29 is 9.90 Å². The molecule has 0 radical (unpaired) electrons. The van der Waals surface area contributed by atoms with Crippen molar-refractivity contribution in [2.24, 2.45) is 0 Å². The number of benzene rings is 1. The van der Waals surface area contributed by atoms with E-state index in [2.05, 4.69) is 35.2 Å². The van der Waals surface area contributed by atoms with Crippen LogP contribution in [0.3, 0.4) is 0 Å². The maximum Gasteiger partial charge on any atom is 0.317 e. The lowest BCUT2D eigenvalue weighted by Gasteiger charge is -2.36. The molecule has 0 amide bonds. The van der Waals surface area contributed by atoms with Gasteiger partial charge in [0.25, 0.3) is 0 Å². The first-order valence-electron chi connectivity index (χ1n) is 7.83. The smallest absolute Gasteiger partial charge is 0.317 e. The summed E-state index contributed by atoms with van der Waals surface area (Å²) < 4.78 is 0. The zero-order valence-corrected chi connectivity index (χ0v) is 14.1. The molecule has 1 aromatic rings. The molecular formula is C17H27ClN2O2. The normalized spacial score (nSPS) is 16.5. The Hall–Kier alpha value is -1.10. The Bertz CT molecular complexity index is 434. The Kier molecular flexibility index (Phi) is 8.46. The van der Waals surface area contributed by atoms with Crippen molar-refractivity contribution >= 4 is 18.4 Å². The number of likely N-dealkylation sites (tertiary alicyclic amines) is 1. The van der Waals surface area contributed by atoms with Gasteiger partial charge in [-0.15, -0.1) is 12.4 Å². The Morgan fingerprint density at radius 3 is 2.50 bits per heavy atom. The molecule has 0 spiro atoms. The van der Waals surface area contributed by atoms with E-state index >= 15 is 0 Å². The second kappa shape index (κ2) is 9.82. The van der Waals surface area contributed by atoms with Gasteiger partial charge in [-0.05, 0) is 57.9 Å². The molecule has 5 heteroatoms. The van der Waals surface area contributed by atoms with Crippen LogP contribution in [0.15, 0.2) is 30.3 Å². The number of likely N-dealkylation sites (N-methyl/N-ethyl adjacent to an activating group) is 1. The molecule has 22 heavy (non-hydrogen) atoms. The molecule has 0 bridgehead atoms. The Morgan fingerprint density at radius 1 is 1.27 bits per heavy atom. The summed E-state index contributed by atoms with van der Waals surface area (Å²) in [7, 11) is 1.92. The second-order valence-electron chi connectivity index (χ2n) is 5.97. The molecule has 1 saturated heterocycles. The van der Waals surface area contributed by atoms with Gasteiger partial charge in [0.2, 0.25) is 0 Å². The van der Waals surface area contributed by atoms with E-state index in [1.165, 1.54) is 12.0 Å². The van der Waals surface area contributed by atoms with E-state index in [1.54, 1.807) is 0 Å². The number of carbonyl (C=O) groups is 1. The minimum absolute atomic E-state index is 0. The van der Waals surface area contributed by atoms with Crippen LogP contribution < -0.4 is 0 Å². The maximum atomic E-state index is 10.7. The molecule has 0 saturated carbocycles. The van der Waals surface area contributed by atoms with E-state index in [4.69, 9.17) is 5.11 Å². The highest BCUT2D eigenvalue weighted by molar-refractivity contribution is 5.85. The Balaban J connectivity index is 0.00000242. The minimum atomic E-state index is -0.734. The summed E-state index contributed by atoms with van der Waals surface area (Å²) in [6, 6.07) is 11.0. The lowest BCUT2D eigenvalue weighted by atomic mass is 10.0. The summed E-state index contributed by atoms with van der Waals surface area (Å²) in [5.41, 5.74) is 1.41. The lowest BCUT2D eigenvalue weighted by Crippen LogP contribution is -2.45. The molecular weight excluding hydrogens is 300 g/mol. The first-order chi connectivity index (χ1) is 10.1. The van der Waals surface area contributed by atoms with Crippen molar-refractivity contribution in [3.05, 3.63) is 35.9 Å². The van der Waals surface area contributed by atoms with Crippen molar-refractivity contribution in [1.82, 2.24) is 9.80 Å². The lowest BCUT2D eigenvalue weighted by molar-refractivity contribution is -0.138. The number of rotatable bonds is 7. The van der Waals surface area contributed by atoms with Gasteiger partial charge in [-0.25, -0.2) is 0 Å². The third-order valence-corrected chi connectivity index (χ3v) is 4.35. The van der Waals surface area contributed by atoms with Crippen LogP contribution in [0.5, 0.6) is 0 Å². The summed E-state index contributed by atoms with van der Waals surface area (Å²) in [6.45, 7) is 3.47. The number of carboxylic acid groups (broad SMARTS) is 1. The van der Waals surface area contributed by atoms with Gasteiger partial charge in [-0.3, -0.25) is 9.69 Å². The maximum absolute atomic E-state index is 10.7. The molecule has 0 aromatic heterocycles. The first kappa shape index (κ1) is 18.9. The molecule has 2 rings (SSSR count). The van der Waals surface area contributed by atoms with Crippen LogP contribution in [0, 0.1) is 0 Å². The van der Waals surface area contributed by atoms with E-state index in [1.807, 2.05) is 11.9 Å². The summed E-state index contributed by atoms with van der Waals surface area (Å²) in [6.07, 6.45) is 4.49. The Morgan fingerprint density at radius 2 is 1.91 bits per heavy atom. The molecule has 0 atom stereocenters. The van der Waals surface area contributed by atoms with E-state index < -0.39 is 5.97 Å². The second-order valence-corrected chi connectivity index (χ2v) is 5.97. The molecule has 0 aliphatic carbocycles. The number of carboxylic acids is 1. The molecule has 1 heterocycles. The van der Waals surface area contributed by atoms with Gasteiger partial charge in [0.15, 0.2) is 0 Å². The molecule has 0 unspecified atom stereocenters. The molecule has 1 N–H and O–H groups in total. The molecule has 4 nitrogen and oxygen atoms in total. The third kappa shape index (κ3) is 6.34. The molecule has 1 fully saturated rings. The minimum Gasteiger partial charge on any atom is -0.480 e. The quantitative estimate of drug-likeness (QED) is 0.836. The van der Waals surface area contributed by atoms with Crippen LogP contribution >= 0.6 is 12.4 Å². The number of hydrogen-bond acceptors (Lipinski definition) is 3. The van der Waals surface area contributed by atoms with Crippen LogP contribution in [0.1, 0.15) is 24.8 Å². The van der Waals surface area contributed by atoms with Crippen LogP contribution in [-0.4, -0.2) is 60.1 Å². The Labute approximate surface area is 139 Å². The number of hydrogen-bond donors (Lipinski definition) is 1. The van der Waals surface area contributed by atoms with E-state index in [0.29, 0.717) is 6.04 Å². The van der Waals surface area contributed by atoms with Crippen molar-refractivity contribution in [3.8, 4) is 0 Å². The summed E-state index contributed by atoms with van der Waals surface area (Å²) >= 11 is 0. The SMILES string of the molecule is CN(CC(=O)O)C1CCN(CCCc2ccccc2)CC1.Cl. The average Bonchev–Trinajstić information content (AvgIpc) is 2.48. The number of aryl methyl sites for hydroxylation is 1. The largest absolute Gasteiger partial charge is 0.480 e. The van der Waals surface area contributed by atoms with E-state index in [9.17, 15) is 4.79 Å². The summed E-state index contributed by atoms with van der Waals surface area (Å²) in [4.78, 5) is 15.2. The van der Waals surface area contributed by atoms with Gasteiger partial charge in [0, 0.05) is 6.04 Å². The van der Waals surface area contributed by atoms with Gasteiger partial charge in [-0.1, -0.05) is 30.3 Å². The van der Waals surface area contributed by atoms with E-state index in [0.717, 1.165) is 38.9 Å². The number of aliphatic carboxylic acids is 1. The van der Waals surface area contributed by atoms with Crippen LogP contribution in [0.2, 0.25) is 0 Å². The first-order valence-corrected chi connectivity index (χ1v) is 7.83. The highest BCUT2D eigenvalue weighted by Crippen LogP contribution is 2.16. The van der Waals surface area contributed by atoms with Gasteiger partial charge < -0.3 is 10.0 Å². The van der Waals surface area contributed by atoms with Gasteiger partial charge >= 0.3 is 5.97 Å². The standard InChI is InChI=1S/C17H26N2O2.ClH/c1-18(14-17(20)21)16-9-12-19(13-10-16)11-5-8-15-6-3-2-4-7-15;/h2-4,6-7,16H,5,8-14H2,1H3,(H,20,21);1H.